The fraction of sp³-hybridized carbons (Fsp3) is 0.915. The highest BCUT2D eigenvalue weighted by Gasteiger charge is 2.60. The molecular formula is C47H86N2O2. The summed E-state index contributed by atoms with van der Waals surface area (Å²) in [6, 6.07) is 0. The number of hydrogen-bond donors (Lipinski definition) is 2. The summed E-state index contributed by atoms with van der Waals surface area (Å²) >= 11 is 0. The molecule has 6 unspecified atom stereocenters. The fourth-order valence-corrected chi connectivity index (χ4v) is 12.0. The quantitative estimate of drug-likeness (QED) is 0.0819. The average molecular weight is 711 g/mol. The van der Waals surface area contributed by atoms with Gasteiger partial charge in [-0.25, -0.2) is 0 Å². The van der Waals surface area contributed by atoms with Crippen LogP contribution in [-0.2, 0) is 9.59 Å². The van der Waals surface area contributed by atoms with Crippen LogP contribution in [-0.4, -0.2) is 24.9 Å². The van der Waals surface area contributed by atoms with Gasteiger partial charge in [-0.1, -0.05) is 124 Å². The molecule has 0 aromatic carbocycles. The van der Waals surface area contributed by atoms with E-state index in [9.17, 15) is 9.59 Å². The predicted octanol–water partition coefficient (Wildman–Crippen LogP) is 13.1. The van der Waals surface area contributed by atoms with E-state index in [2.05, 4.69) is 50.5 Å². The van der Waals surface area contributed by atoms with Gasteiger partial charge in [0.25, 0.3) is 0 Å². The van der Waals surface area contributed by atoms with E-state index in [0.29, 0.717) is 36.8 Å². The molecule has 4 fully saturated rings. The molecule has 2 amide bonds. The minimum Gasteiger partial charge on any atom is -0.354 e. The van der Waals surface area contributed by atoms with E-state index in [-0.39, 0.29) is 11.8 Å². The van der Waals surface area contributed by atoms with Crippen molar-refractivity contribution in [3.8, 4) is 0 Å². The number of allylic oxidation sites excluding steroid dienone is 2. The van der Waals surface area contributed by atoms with Crippen LogP contribution in [0.15, 0.2) is 12.2 Å². The van der Waals surface area contributed by atoms with Crippen LogP contribution in [0.4, 0.5) is 0 Å². The first kappa shape index (κ1) is 44.1. The zero-order chi connectivity index (χ0) is 37.0. The van der Waals surface area contributed by atoms with E-state index >= 15 is 0 Å². The molecule has 4 saturated carbocycles. The Kier molecular flexibility index (Phi) is 20.9. The molecule has 0 heterocycles. The second kappa shape index (κ2) is 24.2. The Bertz CT molecular complexity index is 993. The Morgan fingerprint density at radius 3 is 1.86 bits per heavy atom. The highest BCUT2D eigenvalue weighted by Crippen LogP contribution is 2.69. The molecule has 0 saturated heterocycles. The summed E-state index contributed by atoms with van der Waals surface area (Å²) in [5.74, 6) is 5.83. The highest BCUT2D eigenvalue weighted by atomic mass is 16.2. The highest BCUT2D eigenvalue weighted by molar-refractivity contribution is 5.77. The van der Waals surface area contributed by atoms with Gasteiger partial charge in [0.2, 0.25) is 11.8 Å². The Morgan fingerprint density at radius 2 is 1.22 bits per heavy atom. The van der Waals surface area contributed by atoms with Gasteiger partial charge < -0.3 is 10.6 Å². The maximum absolute atomic E-state index is 12.7. The Morgan fingerprint density at radius 1 is 0.627 bits per heavy atom. The Hall–Kier alpha value is -1.32. The summed E-state index contributed by atoms with van der Waals surface area (Å²) in [6.07, 6.45) is 39.2. The van der Waals surface area contributed by atoms with Crippen molar-refractivity contribution in [2.75, 3.05) is 13.1 Å². The van der Waals surface area contributed by atoms with Crippen molar-refractivity contribution < 1.29 is 9.59 Å². The Balaban J connectivity index is 0.00000345. The molecule has 4 aliphatic rings. The van der Waals surface area contributed by atoms with E-state index in [1.54, 1.807) is 0 Å². The van der Waals surface area contributed by atoms with Crippen molar-refractivity contribution >= 4 is 11.8 Å². The van der Waals surface area contributed by atoms with Gasteiger partial charge in [-0.15, -0.1) is 0 Å². The van der Waals surface area contributed by atoms with Crippen LogP contribution in [0.3, 0.4) is 0 Å². The molecule has 4 rings (SSSR count). The summed E-state index contributed by atoms with van der Waals surface area (Å²) in [5, 5.41) is 6.08. The van der Waals surface area contributed by atoms with E-state index < -0.39 is 0 Å². The molecule has 4 nitrogen and oxygen atoms in total. The molecule has 8 atom stereocenters. The molecule has 0 aliphatic heterocycles. The molecule has 4 heteroatoms. The molecule has 0 spiro atoms. The topological polar surface area (TPSA) is 58.2 Å². The largest absolute Gasteiger partial charge is 0.354 e. The first-order valence-corrected chi connectivity index (χ1v) is 23.0. The van der Waals surface area contributed by atoms with Gasteiger partial charge in [0, 0.05) is 25.9 Å². The third-order valence-electron chi connectivity index (χ3n) is 14.9. The van der Waals surface area contributed by atoms with Gasteiger partial charge >= 0.3 is 0 Å². The number of fused-ring (bicyclic) bond motifs is 5. The van der Waals surface area contributed by atoms with Crippen LogP contribution in [0, 0.1) is 46.3 Å². The zero-order valence-electron chi connectivity index (χ0n) is 34.9. The lowest BCUT2D eigenvalue weighted by Gasteiger charge is -2.62. The van der Waals surface area contributed by atoms with Gasteiger partial charge in [-0.3, -0.25) is 9.59 Å². The average Bonchev–Trinajstić information content (AvgIpc) is 3.48. The maximum Gasteiger partial charge on any atom is 0.220 e. The SMILES string of the molecule is CC.CCCCCCCC/C=C\CCCCCCCC(=O)NCCNC(=O)CCCC1CCC2C3C[C@H](CC)C4CCCCC4(C)[C@H]3CCC12C. The van der Waals surface area contributed by atoms with E-state index in [1.165, 1.54) is 141 Å². The van der Waals surface area contributed by atoms with Crippen LogP contribution in [0.1, 0.15) is 215 Å². The number of nitrogens with one attached hydrogen (secondary N) is 2. The molecule has 0 aromatic rings. The van der Waals surface area contributed by atoms with E-state index in [1.807, 2.05) is 13.8 Å². The first-order valence-electron chi connectivity index (χ1n) is 23.0. The molecule has 296 valence electrons. The van der Waals surface area contributed by atoms with Crippen molar-refractivity contribution in [1.82, 2.24) is 10.6 Å². The van der Waals surface area contributed by atoms with Crippen LogP contribution in [0.2, 0.25) is 0 Å². The molecule has 0 aromatic heterocycles. The zero-order valence-corrected chi connectivity index (χ0v) is 34.9. The monoisotopic (exact) mass is 711 g/mol. The van der Waals surface area contributed by atoms with Crippen LogP contribution >= 0.6 is 0 Å². The van der Waals surface area contributed by atoms with Gasteiger partial charge in [-0.05, 0) is 136 Å². The Labute approximate surface area is 317 Å². The standard InChI is InChI=1S/C45H80N2O2.C2H6/c1-5-7-8-9-10-11-12-13-14-15-16-17-18-19-20-26-42(48)46-33-34-47-43(49)27-23-24-37-28-29-40-38-35-36(6-2)39-25-21-22-31-45(39,4)41(38)30-32-44(37,40)3;1-2/h13-14,36-41H,5-12,15-35H2,1-4H3,(H,46,48)(H,47,49);1-2H3/b14-13-;/t36-,37?,38?,39?,40?,41-,44?,45?;/m0./s1. The van der Waals surface area contributed by atoms with Gasteiger partial charge in [0.15, 0.2) is 0 Å². The molecule has 0 bridgehead atoms. The number of carbonyl (C=O) groups excluding carboxylic acids is 2. The van der Waals surface area contributed by atoms with Crippen molar-refractivity contribution in [1.29, 1.82) is 0 Å². The molecule has 51 heavy (non-hydrogen) atoms. The fourth-order valence-electron chi connectivity index (χ4n) is 12.0. The lowest BCUT2D eigenvalue weighted by molar-refractivity contribution is -0.136. The minimum absolute atomic E-state index is 0.127. The summed E-state index contributed by atoms with van der Waals surface area (Å²) in [5.41, 5.74) is 1.09. The minimum atomic E-state index is 0.127. The normalized spacial score (nSPS) is 31.3. The number of unbranched alkanes of at least 4 members (excludes halogenated alkanes) is 11. The van der Waals surface area contributed by atoms with E-state index in [4.69, 9.17) is 0 Å². The molecule has 2 N–H and O–H groups in total. The van der Waals surface area contributed by atoms with E-state index in [0.717, 1.165) is 54.8 Å². The van der Waals surface area contributed by atoms with Crippen molar-refractivity contribution in [3.63, 3.8) is 0 Å². The van der Waals surface area contributed by atoms with Crippen molar-refractivity contribution in [2.45, 2.75) is 215 Å². The van der Waals surface area contributed by atoms with Crippen LogP contribution < -0.4 is 10.6 Å². The van der Waals surface area contributed by atoms with Crippen molar-refractivity contribution in [2.24, 2.45) is 46.3 Å². The van der Waals surface area contributed by atoms with Crippen molar-refractivity contribution in [3.05, 3.63) is 12.2 Å². The van der Waals surface area contributed by atoms with Crippen LogP contribution in [0.25, 0.3) is 0 Å². The van der Waals surface area contributed by atoms with Crippen LogP contribution in [0.5, 0.6) is 0 Å². The molecule has 4 aliphatic carbocycles. The second-order valence-corrected chi connectivity index (χ2v) is 17.9. The molecule has 0 radical (unpaired) electrons. The summed E-state index contributed by atoms with van der Waals surface area (Å²) < 4.78 is 0. The molecular weight excluding hydrogens is 625 g/mol. The number of rotatable bonds is 23. The van der Waals surface area contributed by atoms with Gasteiger partial charge in [0.05, 0.1) is 0 Å². The lowest BCUT2D eigenvalue weighted by Crippen LogP contribution is -2.55. The maximum atomic E-state index is 12.7. The first-order chi connectivity index (χ1) is 24.8. The smallest absolute Gasteiger partial charge is 0.220 e. The third kappa shape index (κ3) is 13.2. The summed E-state index contributed by atoms with van der Waals surface area (Å²) in [7, 11) is 0. The predicted molar refractivity (Wildman–Crippen MR) is 220 cm³/mol. The number of amides is 2. The lowest BCUT2D eigenvalue weighted by atomic mass is 9.42. The number of hydrogen-bond acceptors (Lipinski definition) is 2. The number of carbonyl (C=O) groups is 2. The van der Waals surface area contributed by atoms with Gasteiger partial charge in [-0.2, -0.15) is 0 Å². The summed E-state index contributed by atoms with van der Waals surface area (Å²) in [4.78, 5) is 24.9. The third-order valence-corrected chi connectivity index (χ3v) is 14.9. The summed E-state index contributed by atoms with van der Waals surface area (Å²) in [6.45, 7) is 15.2. The van der Waals surface area contributed by atoms with Gasteiger partial charge in [0.1, 0.15) is 0 Å². The second-order valence-electron chi connectivity index (χ2n) is 17.9.